The first-order valence-corrected chi connectivity index (χ1v) is 3.92. The van der Waals surface area contributed by atoms with E-state index in [1.54, 1.807) is 0 Å². The number of benzene rings is 1. The molecule has 5 nitrogen and oxygen atoms in total. The van der Waals surface area contributed by atoms with Crippen LogP contribution in [0.4, 0.5) is 0 Å². The van der Waals surface area contributed by atoms with Gasteiger partial charge in [0.2, 0.25) is 0 Å². The van der Waals surface area contributed by atoms with E-state index in [9.17, 15) is 15.1 Å². The molecule has 0 aromatic heterocycles. The van der Waals surface area contributed by atoms with Gasteiger partial charge < -0.3 is 10.2 Å². The number of hydrogen-bond acceptors (Lipinski definition) is 4. The molecule has 0 saturated heterocycles. The van der Waals surface area contributed by atoms with Crippen LogP contribution in [0, 0.1) is 4.91 Å². The van der Waals surface area contributed by atoms with E-state index < -0.39 is 19.6 Å². The van der Waals surface area contributed by atoms with Gasteiger partial charge in [-0.25, -0.2) is 0 Å². The Hall–Kier alpha value is -1.62. The number of aliphatic hydroxyl groups excluding tert-OH is 1. The molecule has 0 aliphatic heterocycles. The van der Waals surface area contributed by atoms with Gasteiger partial charge in [0.15, 0.2) is 0 Å². The summed E-state index contributed by atoms with van der Waals surface area (Å²) in [5.74, 6) is -0.0546. The fourth-order valence-electron chi connectivity index (χ4n) is 1.03. The number of rotatable bonds is 4. The summed E-state index contributed by atoms with van der Waals surface area (Å²) < 4.78 is 21.0. The van der Waals surface area contributed by atoms with Crippen LogP contribution in [0.1, 0.15) is 15.8 Å². The molecule has 5 heteroatoms. The average Bonchev–Trinajstić information content (AvgIpc) is 2.23. The molecular formula is C9H12N2O3. The van der Waals surface area contributed by atoms with Crippen LogP contribution in [-0.2, 0) is 0 Å². The summed E-state index contributed by atoms with van der Waals surface area (Å²) in [6.45, 7) is -3.16. The van der Waals surface area contributed by atoms with Crippen molar-refractivity contribution >= 4 is 0 Å². The highest BCUT2D eigenvalue weighted by atomic mass is 16.3. The predicted octanol–water partition coefficient (Wildman–Crippen LogP) is 1.04. The molecular weight excluding hydrogens is 184 g/mol. The Morgan fingerprint density at radius 2 is 2.50 bits per heavy atom. The van der Waals surface area contributed by atoms with Crippen LogP contribution in [0.2, 0.25) is 0 Å². The lowest BCUT2D eigenvalue weighted by Crippen LogP contribution is -2.18. The van der Waals surface area contributed by atoms with Crippen molar-refractivity contribution in [1.29, 1.82) is 0 Å². The van der Waals surface area contributed by atoms with Crippen LogP contribution < -0.4 is 0 Å². The zero-order chi connectivity index (χ0) is 13.1. The van der Waals surface area contributed by atoms with Gasteiger partial charge in [-0.3, -0.25) is 5.01 Å². The Morgan fingerprint density at radius 3 is 3.07 bits per heavy atom. The number of hydrogen-bond donors (Lipinski definition) is 2. The summed E-state index contributed by atoms with van der Waals surface area (Å²) in [5.41, 5.74) is 0.308. The van der Waals surface area contributed by atoms with Gasteiger partial charge in [0.05, 0.1) is 17.9 Å². The molecule has 1 aromatic rings. The van der Waals surface area contributed by atoms with Crippen molar-refractivity contribution in [2.45, 2.75) is 6.10 Å². The SMILES string of the molecule is [2H]C([2H])([2H])N(CC(O)c1cccc(O)c1)N=O. The third-order valence-corrected chi connectivity index (χ3v) is 1.70. The van der Waals surface area contributed by atoms with Crippen LogP contribution in [-0.4, -0.2) is 28.7 Å². The first-order chi connectivity index (χ1) is 7.84. The molecule has 14 heavy (non-hydrogen) atoms. The lowest BCUT2D eigenvalue weighted by molar-refractivity contribution is 0.127. The van der Waals surface area contributed by atoms with E-state index in [0.717, 1.165) is 0 Å². The molecule has 2 N–H and O–H groups in total. The smallest absolute Gasteiger partial charge is 0.115 e. The van der Waals surface area contributed by atoms with E-state index in [-0.39, 0.29) is 10.8 Å². The highest BCUT2D eigenvalue weighted by Gasteiger charge is 2.10. The summed E-state index contributed by atoms with van der Waals surface area (Å²) in [5, 5.41) is 21.5. The number of aromatic hydroxyl groups is 1. The van der Waals surface area contributed by atoms with Gasteiger partial charge in [-0.2, -0.15) is 0 Å². The first kappa shape index (κ1) is 6.78. The van der Waals surface area contributed by atoms with Crippen molar-refractivity contribution in [3.05, 3.63) is 34.7 Å². The highest BCUT2D eigenvalue weighted by molar-refractivity contribution is 5.28. The number of phenols is 1. The molecule has 0 spiro atoms. The Bertz CT molecular complexity index is 397. The summed E-state index contributed by atoms with van der Waals surface area (Å²) >= 11 is 0. The van der Waals surface area contributed by atoms with E-state index in [1.165, 1.54) is 24.3 Å². The quantitative estimate of drug-likeness (QED) is 0.561. The van der Waals surface area contributed by atoms with Gasteiger partial charge in [0, 0.05) is 11.1 Å². The van der Waals surface area contributed by atoms with Gasteiger partial charge in [-0.05, 0) is 17.7 Å². The van der Waals surface area contributed by atoms with Crippen LogP contribution in [0.5, 0.6) is 5.75 Å². The summed E-state index contributed by atoms with van der Waals surface area (Å²) in [6.07, 6.45) is -1.22. The van der Waals surface area contributed by atoms with E-state index in [1.807, 2.05) is 0 Å². The normalized spacial score (nSPS) is 16.2. The molecule has 0 fully saturated rings. The number of nitroso groups, excluding NO2 is 1. The van der Waals surface area contributed by atoms with Gasteiger partial charge >= 0.3 is 0 Å². The van der Waals surface area contributed by atoms with Gasteiger partial charge in [0.25, 0.3) is 0 Å². The minimum Gasteiger partial charge on any atom is -0.508 e. The third kappa shape index (κ3) is 2.70. The maximum absolute atomic E-state index is 10.3. The number of likely N-dealkylation sites (N-methyl/N-ethyl adjacent to an activating group) is 1. The monoisotopic (exact) mass is 199 g/mol. The second-order valence-electron chi connectivity index (χ2n) is 2.77. The molecule has 0 bridgehead atoms. The average molecular weight is 199 g/mol. The van der Waals surface area contributed by atoms with Crippen LogP contribution >= 0.6 is 0 Å². The predicted molar refractivity (Wildman–Crippen MR) is 51.5 cm³/mol. The van der Waals surface area contributed by atoms with Crippen molar-refractivity contribution < 1.29 is 14.3 Å². The van der Waals surface area contributed by atoms with Gasteiger partial charge in [-0.15, -0.1) is 4.91 Å². The Morgan fingerprint density at radius 1 is 1.71 bits per heavy atom. The summed E-state index contributed by atoms with van der Waals surface area (Å²) in [7, 11) is 0. The second-order valence-corrected chi connectivity index (χ2v) is 2.77. The number of nitrogens with zero attached hydrogens (tertiary/aromatic N) is 2. The fraction of sp³-hybridized carbons (Fsp3) is 0.333. The summed E-state index contributed by atoms with van der Waals surface area (Å²) in [4.78, 5) is 10.3. The van der Waals surface area contributed by atoms with Crippen molar-refractivity contribution in [2.24, 2.45) is 5.29 Å². The Labute approximate surface area is 85.8 Å². The van der Waals surface area contributed by atoms with E-state index in [2.05, 4.69) is 5.29 Å². The van der Waals surface area contributed by atoms with Crippen LogP contribution in [0.25, 0.3) is 0 Å². The molecule has 1 unspecified atom stereocenters. The highest BCUT2D eigenvalue weighted by Crippen LogP contribution is 2.18. The molecule has 0 saturated carbocycles. The van der Waals surface area contributed by atoms with Crippen molar-refractivity contribution in [3.63, 3.8) is 0 Å². The summed E-state index contributed by atoms with van der Waals surface area (Å²) in [6, 6.07) is 5.71. The van der Waals surface area contributed by atoms with Crippen molar-refractivity contribution in [3.8, 4) is 5.75 Å². The Kier molecular flexibility index (Phi) is 2.21. The topological polar surface area (TPSA) is 73.1 Å². The van der Waals surface area contributed by atoms with Crippen molar-refractivity contribution in [2.75, 3.05) is 13.5 Å². The standard InChI is InChI=1S/C9H12N2O3/c1-11(10-14)6-9(13)7-3-2-4-8(12)5-7/h2-5,9,12-13H,6H2,1H3/i1D3. The molecule has 0 heterocycles. The number of phenolic OH excluding ortho intramolecular Hbond substituents is 1. The third-order valence-electron chi connectivity index (χ3n) is 1.70. The molecule has 0 aliphatic carbocycles. The molecule has 0 aliphatic rings. The fourth-order valence-corrected chi connectivity index (χ4v) is 1.03. The molecule has 1 atom stereocenters. The molecule has 0 radical (unpaired) electrons. The minimum absolute atomic E-state index is 0.0546. The minimum atomic E-state index is -2.69. The van der Waals surface area contributed by atoms with Gasteiger partial charge in [0.1, 0.15) is 5.75 Å². The molecule has 1 aromatic carbocycles. The van der Waals surface area contributed by atoms with Crippen LogP contribution in [0.3, 0.4) is 0 Å². The van der Waals surface area contributed by atoms with Crippen LogP contribution in [0.15, 0.2) is 29.6 Å². The second kappa shape index (κ2) is 4.57. The Balaban J connectivity index is 2.78. The zero-order valence-electron chi connectivity index (χ0n) is 10.3. The van der Waals surface area contributed by atoms with Gasteiger partial charge in [-0.1, -0.05) is 12.1 Å². The molecule has 76 valence electrons. The van der Waals surface area contributed by atoms with Crippen molar-refractivity contribution in [1.82, 2.24) is 5.01 Å². The zero-order valence-corrected chi connectivity index (χ0v) is 7.29. The largest absolute Gasteiger partial charge is 0.508 e. The van der Waals surface area contributed by atoms with E-state index >= 15 is 0 Å². The molecule has 0 amide bonds. The number of aliphatic hydroxyl groups is 1. The maximum Gasteiger partial charge on any atom is 0.115 e. The van der Waals surface area contributed by atoms with E-state index in [4.69, 9.17) is 4.11 Å². The maximum atomic E-state index is 10.3. The lowest BCUT2D eigenvalue weighted by atomic mass is 10.1. The lowest BCUT2D eigenvalue weighted by Gasteiger charge is -2.14. The molecule has 1 rings (SSSR count). The first-order valence-electron chi connectivity index (χ1n) is 5.42. The van der Waals surface area contributed by atoms with E-state index in [0.29, 0.717) is 5.56 Å².